The lowest BCUT2D eigenvalue weighted by Gasteiger charge is -2.09. The van der Waals surface area contributed by atoms with Crippen molar-refractivity contribution in [3.05, 3.63) is 55.9 Å². The zero-order valence-electron chi connectivity index (χ0n) is 10.4. The molecule has 100 valence electrons. The second kappa shape index (κ2) is 6.21. The van der Waals surface area contributed by atoms with Crippen LogP contribution in [0.15, 0.2) is 39.7 Å². The topological polar surface area (TPSA) is 46.9 Å². The normalized spacial score (nSPS) is 10.5. The standard InChI is InChI=1S/C13H13BrClN3O/c1-2-18-13(19)12(14)11(8-17-18)16-7-9-4-3-5-10(15)6-9/h3-6,8,16H,2,7H2,1H3. The number of nitrogens with one attached hydrogen (secondary N) is 1. The number of hydrogen-bond donors (Lipinski definition) is 1. The largest absolute Gasteiger partial charge is 0.379 e. The third kappa shape index (κ3) is 3.36. The highest BCUT2D eigenvalue weighted by Crippen LogP contribution is 2.18. The summed E-state index contributed by atoms with van der Waals surface area (Å²) in [5, 5.41) is 7.93. The van der Waals surface area contributed by atoms with Gasteiger partial charge in [0.25, 0.3) is 5.56 Å². The first-order valence-electron chi connectivity index (χ1n) is 5.85. The highest BCUT2D eigenvalue weighted by Gasteiger charge is 2.07. The van der Waals surface area contributed by atoms with Gasteiger partial charge in [-0.05, 0) is 40.5 Å². The van der Waals surface area contributed by atoms with Crippen molar-refractivity contribution < 1.29 is 0 Å². The summed E-state index contributed by atoms with van der Waals surface area (Å²) in [6.07, 6.45) is 1.64. The number of hydrogen-bond acceptors (Lipinski definition) is 3. The van der Waals surface area contributed by atoms with E-state index >= 15 is 0 Å². The Balaban J connectivity index is 2.16. The number of aryl methyl sites for hydroxylation is 1. The van der Waals surface area contributed by atoms with Gasteiger partial charge in [0, 0.05) is 18.1 Å². The molecule has 1 aromatic heterocycles. The van der Waals surface area contributed by atoms with Gasteiger partial charge in [-0.25, -0.2) is 4.68 Å². The zero-order chi connectivity index (χ0) is 13.8. The minimum absolute atomic E-state index is 0.140. The van der Waals surface area contributed by atoms with E-state index in [2.05, 4.69) is 26.3 Å². The highest BCUT2D eigenvalue weighted by atomic mass is 79.9. The average molecular weight is 343 g/mol. The van der Waals surface area contributed by atoms with Gasteiger partial charge in [0.15, 0.2) is 0 Å². The maximum Gasteiger partial charge on any atom is 0.283 e. The van der Waals surface area contributed by atoms with E-state index in [0.717, 1.165) is 5.56 Å². The monoisotopic (exact) mass is 341 g/mol. The summed E-state index contributed by atoms with van der Waals surface area (Å²) in [5.41, 5.74) is 1.58. The van der Waals surface area contributed by atoms with E-state index in [9.17, 15) is 4.79 Å². The number of anilines is 1. The predicted molar refractivity (Wildman–Crippen MR) is 80.6 cm³/mol. The number of benzene rings is 1. The van der Waals surface area contributed by atoms with Gasteiger partial charge < -0.3 is 5.32 Å². The molecular weight excluding hydrogens is 330 g/mol. The Morgan fingerprint density at radius 1 is 1.47 bits per heavy atom. The van der Waals surface area contributed by atoms with Crippen LogP contribution in [0.5, 0.6) is 0 Å². The number of halogens is 2. The molecule has 0 radical (unpaired) electrons. The first kappa shape index (κ1) is 14.1. The molecule has 0 saturated carbocycles. The lowest BCUT2D eigenvalue weighted by atomic mass is 10.2. The third-order valence-corrected chi connectivity index (χ3v) is 3.66. The second-order valence-electron chi connectivity index (χ2n) is 3.98. The van der Waals surface area contributed by atoms with Crippen molar-refractivity contribution in [3.8, 4) is 0 Å². The van der Waals surface area contributed by atoms with E-state index in [-0.39, 0.29) is 5.56 Å². The number of rotatable bonds is 4. The molecule has 2 rings (SSSR count). The van der Waals surface area contributed by atoms with Crippen molar-refractivity contribution in [2.75, 3.05) is 5.32 Å². The number of aromatic nitrogens is 2. The summed E-state index contributed by atoms with van der Waals surface area (Å²) >= 11 is 9.22. The van der Waals surface area contributed by atoms with Crippen LogP contribution in [-0.2, 0) is 13.1 Å². The molecule has 0 amide bonds. The van der Waals surface area contributed by atoms with Crippen LogP contribution in [0.1, 0.15) is 12.5 Å². The average Bonchev–Trinajstić information content (AvgIpc) is 2.41. The summed E-state index contributed by atoms with van der Waals surface area (Å²) in [5.74, 6) is 0. The molecule has 0 bridgehead atoms. The SMILES string of the molecule is CCn1ncc(NCc2cccc(Cl)c2)c(Br)c1=O. The first-order chi connectivity index (χ1) is 9.11. The molecule has 0 atom stereocenters. The minimum Gasteiger partial charge on any atom is -0.379 e. The summed E-state index contributed by atoms with van der Waals surface area (Å²) < 4.78 is 1.89. The Morgan fingerprint density at radius 3 is 2.95 bits per heavy atom. The maximum absolute atomic E-state index is 11.9. The van der Waals surface area contributed by atoms with E-state index in [4.69, 9.17) is 11.6 Å². The highest BCUT2D eigenvalue weighted by molar-refractivity contribution is 9.10. The van der Waals surface area contributed by atoms with Gasteiger partial charge in [0.1, 0.15) is 4.47 Å². The van der Waals surface area contributed by atoms with E-state index in [1.165, 1.54) is 4.68 Å². The van der Waals surface area contributed by atoms with Crippen LogP contribution in [0, 0.1) is 0 Å². The van der Waals surface area contributed by atoms with Crippen molar-refractivity contribution in [2.24, 2.45) is 0 Å². The van der Waals surface area contributed by atoms with Crippen molar-refractivity contribution in [1.29, 1.82) is 0 Å². The van der Waals surface area contributed by atoms with Gasteiger partial charge >= 0.3 is 0 Å². The molecule has 0 aliphatic carbocycles. The van der Waals surface area contributed by atoms with E-state index in [1.54, 1.807) is 6.20 Å². The Hall–Kier alpha value is -1.33. The van der Waals surface area contributed by atoms with Crippen LogP contribution in [0.3, 0.4) is 0 Å². The summed E-state index contributed by atoms with van der Waals surface area (Å²) in [7, 11) is 0. The van der Waals surface area contributed by atoms with Gasteiger partial charge in [-0.2, -0.15) is 5.10 Å². The van der Waals surface area contributed by atoms with Crippen LogP contribution < -0.4 is 10.9 Å². The van der Waals surface area contributed by atoms with Crippen LogP contribution in [0.2, 0.25) is 5.02 Å². The van der Waals surface area contributed by atoms with Crippen LogP contribution in [0.4, 0.5) is 5.69 Å². The summed E-state index contributed by atoms with van der Waals surface area (Å²) in [6.45, 7) is 3.00. The molecule has 6 heteroatoms. The zero-order valence-corrected chi connectivity index (χ0v) is 12.7. The second-order valence-corrected chi connectivity index (χ2v) is 5.21. The lowest BCUT2D eigenvalue weighted by molar-refractivity contribution is 0.613. The van der Waals surface area contributed by atoms with Gasteiger partial charge in [0.05, 0.1) is 11.9 Å². The Kier molecular flexibility index (Phi) is 4.61. The molecule has 4 nitrogen and oxygen atoms in total. The molecule has 1 aromatic carbocycles. The summed E-state index contributed by atoms with van der Waals surface area (Å²) in [4.78, 5) is 11.9. The van der Waals surface area contributed by atoms with Crippen LogP contribution in [-0.4, -0.2) is 9.78 Å². The molecule has 0 fully saturated rings. The van der Waals surface area contributed by atoms with Crippen molar-refractivity contribution in [2.45, 2.75) is 20.0 Å². The molecule has 2 aromatic rings. The fraction of sp³-hybridized carbons (Fsp3) is 0.231. The van der Waals surface area contributed by atoms with Crippen molar-refractivity contribution in [1.82, 2.24) is 9.78 Å². The van der Waals surface area contributed by atoms with E-state index < -0.39 is 0 Å². The first-order valence-corrected chi connectivity index (χ1v) is 7.03. The van der Waals surface area contributed by atoms with E-state index in [1.807, 2.05) is 31.2 Å². The quantitative estimate of drug-likeness (QED) is 0.927. The van der Waals surface area contributed by atoms with Crippen molar-refractivity contribution >= 4 is 33.2 Å². The fourth-order valence-electron chi connectivity index (χ4n) is 1.66. The molecular formula is C13H13BrClN3O. The smallest absolute Gasteiger partial charge is 0.283 e. The maximum atomic E-state index is 11.9. The van der Waals surface area contributed by atoms with Gasteiger partial charge in [-0.15, -0.1) is 0 Å². The van der Waals surface area contributed by atoms with Gasteiger partial charge in [-0.1, -0.05) is 23.7 Å². The Labute approximate surface area is 124 Å². The van der Waals surface area contributed by atoms with Gasteiger partial charge in [0.2, 0.25) is 0 Å². The minimum atomic E-state index is -0.140. The predicted octanol–water partition coefficient (Wildman–Crippen LogP) is 3.29. The van der Waals surface area contributed by atoms with Crippen LogP contribution in [0.25, 0.3) is 0 Å². The van der Waals surface area contributed by atoms with Gasteiger partial charge in [-0.3, -0.25) is 4.79 Å². The summed E-state index contributed by atoms with van der Waals surface area (Å²) in [6, 6.07) is 7.56. The third-order valence-electron chi connectivity index (χ3n) is 2.66. The molecule has 1 N–H and O–H groups in total. The molecule has 0 unspecified atom stereocenters. The molecule has 0 saturated heterocycles. The Bertz CT molecular complexity index is 642. The lowest BCUT2D eigenvalue weighted by Crippen LogP contribution is -2.23. The molecule has 0 aliphatic heterocycles. The van der Waals surface area contributed by atoms with Crippen molar-refractivity contribution in [3.63, 3.8) is 0 Å². The molecule has 1 heterocycles. The molecule has 19 heavy (non-hydrogen) atoms. The molecule has 0 spiro atoms. The fourth-order valence-corrected chi connectivity index (χ4v) is 2.32. The Morgan fingerprint density at radius 2 is 2.26 bits per heavy atom. The van der Waals surface area contributed by atoms with E-state index in [0.29, 0.717) is 28.3 Å². The van der Waals surface area contributed by atoms with Crippen LogP contribution >= 0.6 is 27.5 Å². The molecule has 0 aliphatic rings. The number of nitrogens with zero attached hydrogens (tertiary/aromatic N) is 2.